The van der Waals surface area contributed by atoms with Crippen molar-refractivity contribution in [1.29, 1.82) is 0 Å². The summed E-state index contributed by atoms with van der Waals surface area (Å²) in [5, 5.41) is 48.9. The molecule has 0 saturated carbocycles. The van der Waals surface area contributed by atoms with E-state index in [2.05, 4.69) is 5.32 Å². The minimum Gasteiger partial charge on any atom is -0.508 e. The van der Waals surface area contributed by atoms with Gasteiger partial charge in [0.25, 0.3) is 5.91 Å². The quantitative estimate of drug-likeness (QED) is 0.200. The summed E-state index contributed by atoms with van der Waals surface area (Å²) in [5.74, 6) is -6.29. The first-order chi connectivity index (χ1) is 18.9. The van der Waals surface area contributed by atoms with Crippen molar-refractivity contribution in [1.82, 2.24) is 4.90 Å². The number of aliphatic hydroxyl groups is 2. The molecule has 3 atom stereocenters. The zero-order chi connectivity index (χ0) is 29.1. The largest absolute Gasteiger partial charge is 0.508 e. The maximum Gasteiger partial charge on any atom is 0.255 e. The molecule has 5 rings (SSSR count). The maximum absolute atomic E-state index is 14.0. The zero-order valence-corrected chi connectivity index (χ0v) is 22.4. The number of Topliss-reactive ketones (excluding diaryl/α,β-unsaturated/α-hetero) is 2. The third-order valence-corrected chi connectivity index (χ3v) is 8.21. The van der Waals surface area contributed by atoms with Gasteiger partial charge in [-0.2, -0.15) is 0 Å². The number of hydrogen-bond donors (Lipinski definition) is 6. The minimum absolute atomic E-state index is 0.00556. The van der Waals surface area contributed by atoms with E-state index >= 15 is 0 Å². The van der Waals surface area contributed by atoms with Crippen molar-refractivity contribution in [3.8, 4) is 11.5 Å². The van der Waals surface area contributed by atoms with Crippen LogP contribution in [0.25, 0.3) is 10.8 Å². The molecule has 0 spiro atoms. The van der Waals surface area contributed by atoms with Crippen LogP contribution < -0.4 is 11.1 Å². The lowest BCUT2D eigenvalue weighted by Crippen LogP contribution is -2.64. The van der Waals surface area contributed by atoms with Crippen LogP contribution >= 0.6 is 0 Å². The highest BCUT2D eigenvalue weighted by Crippen LogP contribution is 2.51. The minimum atomic E-state index is -2.70. The summed E-state index contributed by atoms with van der Waals surface area (Å²) in [6.07, 6.45) is 0.607. The number of aryl methyl sites for hydroxylation is 1. The second-order valence-electron chi connectivity index (χ2n) is 10.6. The van der Waals surface area contributed by atoms with Crippen LogP contribution in [0.15, 0.2) is 53.8 Å². The number of carbonyl (C=O) groups is 3. The van der Waals surface area contributed by atoms with Crippen molar-refractivity contribution in [2.24, 2.45) is 11.7 Å². The molecule has 0 aromatic heterocycles. The number of likely N-dealkylation sites (N-methyl/N-ethyl adjacent to an activating group) is 1. The predicted octanol–water partition coefficient (Wildman–Crippen LogP) is 2.11. The van der Waals surface area contributed by atoms with Crippen LogP contribution in [0.1, 0.15) is 27.0 Å². The van der Waals surface area contributed by atoms with Gasteiger partial charge in [0.15, 0.2) is 11.4 Å². The number of nitrogens with one attached hydrogen (secondary N) is 1. The Balaban J connectivity index is 1.65. The summed E-state index contributed by atoms with van der Waals surface area (Å²) in [4.78, 5) is 40.8. The van der Waals surface area contributed by atoms with Gasteiger partial charge < -0.3 is 31.5 Å². The van der Waals surface area contributed by atoms with E-state index in [9.17, 15) is 34.8 Å². The van der Waals surface area contributed by atoms with Crippen LogP contribution in [-0.2, 0) is 22.4 Å². The second-order valence-corrected chi connectivity index (χ2v) is 10.6. The van der Waals surface area contributed by atoms with Crippen LogP contribution in [0.3, 0.4) is 0 Å². The van der Waals surface area contributed by atoms with E-state index in [-0.39, 0.29) is 23.1 Å². The number of amides is 1. The maximum atomic E-state index is 14.0. The van der Waals surface area contributed by atoms with Crippen LogP contribution in [0, 0.1) is 12.8 Å². The fraction of sp³-hybridized carbons (Fsp3) is 0.300. The molecule has 0 bridgehead atoms. The number of nitrogens with two attached hydrogens (primary N) is 1. The van der Waals surface area contributed by atoms with Gasteiger partial charge in [0, 0.05) is 12.5 Å². The van der Waals surface area contributed by atoms with E-state index in [0.717, 1.165) is 5.56 Å². The highest BCUT2D eigenvalue weighted by atomic mass is 16.3. The smallest absolute Gasteiger partial charge is 0.255 e. The Morgan fingerprint density at radius 3 is 2.38 bits per heavy atom. The number of aromatic hydroxyl groups is 2. The average Bonchev–Trinajstić information content (AvgIpc) is 2.90. The molecule has 2 aliphatic rings. The fourth-order valence-electron chi connectivity index (χ4n) is 6.21. The Kier molecular flexibility index (Phi) is 6.56. The molecule has 0 fully saturated rings. The standard InChI is InChI=1S/C30H31N3O7/c1-14-16-9-10-19(32-12-11-15-7-5-4-6-8-15)24(34)20(16)25(35)21-17(14)13-18-23(33(2)3)26(36)22(29(31)39)28(38)30(18,40)27(21)37/h4-10,18,23,32,34-35,38,40H,11-13H2,1-3H3,(H2,31,39)/t18-,23-,30-/m0/s1. The molecule has 2 aliphatic carbocycles. The fourth-order valence-corrected chi connectivity index (χ4v) is 6.21. The van der Waals surface area contributed by atoms with E-state index in [0.29, 0.717) is 35.2 Å². The molecule has 3 aromatic carbocycles. The number of fused-ring (bicyclic) bond motifs is 3. The molecule has 0 aliphatic heterocycles. The molecular formula is C30H31N3O7. The summed E-state index contributed by atoms with van der Waals surface area (Å²) >= 11 is 0. The first-order valence-corrected chi connectivity index (χ1v) is 12.9. The van der Waals surface area contributed by atoms with Gasteiger partial charge in [-0.15, -0.1) is 0 Å². The van der Waals surface area contributed by atoms with Crippen molar-refractivity contribution in [3.05, 3.63) is 76.1 Å². The molecule has 10 heteroatoms. The van der Waals surface area contributed by atoms with Gasteiger partial charge in [-0.3, -0.25) is 19.3 Å². The van der Waals surface area contributed by atoms with Crippen molar-refractivity contribution in [2.45, 2.75) is 31.4 Å². The topological polar surface area (TPSA) is 173 Å². The average molecular weight is 546 g/mol. The molecule has 0 saturated heterocycles. The molecule has 0 radical (unpaired) electrons. The van der Waals surface area contributed by atoms with Crippen molar-refractivity contribution in [3.63, 3.8) is 0 Å². The summed E-state index contributed by atoms with van der Waals surface area (Å²) in [6.45, 7) is 2.21. The first kappa shape index (κ1) is 27.2. The Morgan fingerprint density at radius 2 is 1.75 bits per heavy atom. The number of phenols is 2. The molecule has 40 heavy (non-hydrogen) atoms. The van der Waals surface area contributed by atoms with Crippen LogP contribution in [0.2, 0.25) is 0 Å². The molecule has 1 amide bonds. The number of rotatable bonds is 6. The lowest BCUT2D eigenvalue weighted by molar-refractivity contribution is -0.132. The van der Waals surface area contributed by atoms with Crippen LogP contribution in [0.4, 0.5) is 5.69 Å². The number of ketones is 2. The second kappa shape index (κ2) is 9.65. The number of anilines is 1. The van der Waals surface area contributed by atoms with Gasteiger partial charge in [0.1, 0.15) is 22.8 Å². The zero-order valence-electron chi connectivity index (χ0n) is 22.4. The lowest BCUT2D eigenvalue weighted by atomic mass is 9.61. The lowest BCUT2D eigenvalue weighted by Gasteiger charge is -2.47. The van der Waals surface area contributed by atoms with Gasteiger partial charge in [-0.05, 0) is 62.0 Å². The van der Waals surface area contributed by atoms with Gasteiger partial charge in [-0.25, -0.2) is 0 Å². The molecule has 208 valence electrons. The summed E-state index contributed by atoms with van der Waals surface area (Å²) in [6, 6.07) is 12.0. The molecule has 7 N–H and O–H groups in total. The van der Waals surface area contributed by atoms with E-state index in [4.69, 9.17) is 5.73 Å². The van der Waals surface area contributed by atoms with Crippen molar-refractivity contribution < 1.29 is 34.8 Å². The van der Waals surface area contributed by atoms with E-state index in [1.165, 1.54) is 4.90 Å². The molecule has 0 unspecified atom stereocenters. The summed E-state index contributed by atoms with van der Waals surface area (Å²) in [7, 11) is 3.11. The van der Waals surface area contributed by atoms with Gasteiger partial charge in [0.05, 0.1) is 22.7 Å². The number of phenolic OH excluding ortho intramolecular Hbond substituents is 2. The van der Waals surface area contributed by atoms with E-state index in [1.807, 2.05) is 30.3 Å². The normalized spacial score (nSPS) is 22.4. The Bertz CT molecular complexity index is 1610. The predicted molar refractivity (Wildman–Crippen MR) is 148 cm³/mol. The highest BCUT2D eigenvalue weighted by molar-refractivity contribution is 6.25. The van der Waals surface area contributed by atoms with Gasteiger partial charge in [0.2, 0.25) is 5.78 Å². The summed E-state index contributed by atoms with van der Waals surface area (Å²) < 4.78 is 0. The molecular weight excluding hydrogens is 514 g/mol. The molecule has 3 aromatic rings. The van der Waals surface area contributed by atoms with Gasteiger partial charge >= 0.3 is 0 Å². The number of carbonyl (C=O) groups excluding carboxylic acids is 3. The van der Waals surface area contributed by atoms with E-state index in [1.54, 1.807) is 33.2 Å². The Hall–Kier alpha value is -4.41. The SMILES string of the molecule is Cc1c2c(c(O)c3c(O)c(NCCc4ccccc4)ccc13)C(=O)[C@]1(O)C(O)=C(C(N)=O)C(=O)[C@@H](N(C)C)[C@@H]1C2. The highest BCUT2D eigenvalue weighted by Gasteiger charge is 2.62. The van der Waals surface area contributed by atoms with Crippen molar-refractivity contribution >= 4 is 33.9 Å². The third-order valence-electron chi connectivity index (χ3n) is 8.21. The number of hydrogen-bond acceptors (Lipinski definition) is 9. The number of aliphatic hydroxyl groups excluding tert-OH is 1. The summed E-state index contributed by atoms with van der Waals surface area (Å²) in [5.41, 5.74) is 3.92. The number of primary amides is 1. The molecule has 0 heterocycles. The Morgan fingerprint density at radius 1 is 1.07 bits per heavy atom. The number of benzene rings is 3. The first-order valence-electron chi connectivity index (χ1n) is 12.9. The van der Waals surface area contributed by atoms with Crippen LogP contribution in [0.5, 0.6) is 11.5 Å². The van der Waals surface area contributed by atoms with Gasteiger partial charge in [-0.1, -0.05) is 36.4 Å². The van der Waals surface area contributed by atoms with Crippen molar-refractivity contribution in [2.75, 3.05) is 26.0 Å². The third kappa shape index (κ3) is 3.82. The number of nitrogens with zero attached hydrogens (tertiary/aromatic N) is 1. The monoisotopic (exact) mass is 545 g/mol. The van der Waals surface area contributed by atoms with E-state index < -0.39 is 52.1 Å². The Labute approximate surface area is 230 Å². The van der Waals surface area contributed by atoms with Crippen LogP contribution in [-0.4, -0.2) is 75.1 Å². The molecule has 10 nitrogen and oxygen atoms in total.